The Morgan fingerprint density at radius 2 is 1.82 bits per heavy atom. The van der Waals surface area contributed by atoms with E-state index in [0.29, 0.717) is 22.8 Å². The Bertz CT molecular complexity index is 1230. The number of aliphatic hydroxyl groups is 1. The van der Waals surface area contributed by atoms with Crippen molar-refractivity contribution in [3.05, 3.63) is 86.7 Å². The van der Waals surface area contributed by atoms with Gasteiger partial charge in [-0.2, -0.15) is 0 Å². The summed E-state index contributed by atoms with van der Waals surface area (Å²) in [5.74, 6) is -3.54. The van der Waals surface area contributed by atoms with Crippen LogP contribution in [-0.4, -0.2) is 39.7 Å². The van der Waals surface area contributed by atoms with E-state index < -0.39 is 34.6 Å². The highest BCUT2D eigenvalue weighted by molar-refractivity contribution is 14.1. The van der Waals surface area contributed by atoms with Gasteiger partial charge in [-0.15, -0.1) is 0 Å². The number of hydrogen-bond donors (Lipinski definition) is 3. The van der Waals surface area contributed by atoms with E-state index in [0.717, 1.165) is 17.7 Å². The molecule has 3 N–H and O–H groups in total. The number of aryl methyl sites for hydroxylation is 1. The zero-order valence-corrected chi connectivity index (χ0v) is 20.2. The van der Waals surface area contributed by atoms with Gasteiger partial charge in [0, 0.05) is 3.57 Å². The van der Waals surface area contributed by atoms with Gasteiger partial charge < -0.3 is 20.4 Å². The van der Waals surface area contributed by atoms with Gasteiger partial charge in [0.05, 0.1) is 35.6 Å². The number of amides is 1. The van der Waals surface area contributed by atoms with Crippen LogP contribution in [0.2, 0.25) is 0 Å². The Morgan fingerprint density at radius 1 is 1.06 bits per heavy atom. The molecule has 5 nitrogen and oxygen atoms in total. The zero-order chi connectivity index (χ0) is 24.5. The molecule has 1 heterocycles. The van der Waals surface area contributed by atoms with Crippen LogP contribution >= 0.6 is 22.6 Å². The van der Waals surface area contributed by atoms with E-state index in [1.165, 1.54) is 17.0 Å². The molecular formula is C25H22F3IN2O3. The third-order valence-electron chi connectivity index (χ3n) is 5.79. The van der Waals surface area contributed by atoms with Crippen LogP contribution in [0.3, 0.4) is 0 Å². The average Bonchev–Trinajstić information content (AvgIpc) is 2.76. The fraction of sp³-hybridized carbons (Fsp3) is 0.240. The Morgan fingerprint density at radius 3 is 2.53 bits per heavy atom. The second-order valence-corrected chi connectivity index (χ2v) is 9.69. The van der Waals surface area contributed by atoms with E-state index >= 15 is 0 Å². The third-order valence-corrected chi connectivity index (χ3v) is 6.46. The number of phenols is 1. The molecule has 0 saturated carbocycles. The van der Waals surface area contributed by atoms with Crippen LogP contribution in [0.5, 0.6) is 5.75 Å². The minimum absolute atomic E-state index is 0.0439. The molecule has 0 radical (unpaired) electrons. The van der Waals surface area contributed by atoms with Gasteiger partial charge in [-0.1, -0.05) is 12.1 Å². The lowest BCUT2D eigenvalue weighted by Gasteiger charge is -2.46. The molecule has 1 aliphatic rings. The number of β-amino-alcohol motifs (C(OH)–C–C–N with tert-alkyl or cyclic N) is 1. The lowest BCUT2D eigenvalue weighted by atomic mass is 9.87. The summed E-state index contributed by atoms with van der Waals surface area (Å²) in [5.41, 5.74) is -0.841. The van der Waals surface area contributed by atoms with Crippen molar-refractivity contribution in [1.29, 1.82) is 0 Å². The molecule has 9 heteroatoms. The van der Waals surface area contributed by atoms with E-state index in [1.807, 2.05) is 28.7 Å². The number of hydrogen-bond acceptors (Lipinski definition) is 4. The van der Waals surface area contributed by atoms with Crippen molar-refractivity contribution in [1.82, 2.24) is 4.90 Å². The van der Waals surface area contributed by atoms with Gasteiger partial charge in [0.1, 0.15) is 11.6 Å². The van der Waals surface area contributed by atoms with Gasteiger partial charge in [-0.25, -0.2) is 13.2 Å². The van der Waals surface area contributed by atoms with Crippen LogP contribution in [0.25, 0.3) is 0 Å². The largest absolute Gasteiger partial charge is 0.508 e. The van der Waals surface area contributed by atoms with Gasteiger partial charge >= 0.3 is 0 Å². The lowest BCUT2D eigenvalue weighted by molar-refractivity contribution is -0.0866. The second kappa shape index (κ2) is 9.83. The number of carbonyl (C=O) groups excluding carboxylic acids is 1. The summed E-state index contributed by atoms with van der Waals surface area (Å²) in [6.07, 6.45) is 1.73. The highest BCUT2D eigenvalue weighted by Crippen LogP contribution is 2.33. The molecule has 1 amide bonds. The number of likely N-dealkylation sites (tertiary alicyclic amines) is 1. The summed E-state index contributed by atoms with van der Waals surface area (Å²) in [5, 5.41) is 22.8. The molecule has 3 aromatic carbocycles. The van der Waals surface area contributed by atoms with E-state index in [-0.39, 0.29) is 30.1 Å². The van der Waals surface area contributed by atoms with Crippen molar-refractivity contribution in [2.24, 2.45) is 0 Å². The van der Waals surface area contributed by atoms with Crippen LogP contribution in [-0.2, 0) is 6.42 Å². The number of nitrogens with zero attached hydrogens (tertiary/aromatic N) is 1. The summed E-state index contributed by atoms with van der Waals surface area (Å²) in [6, 6.07) is 13.1. The molecular weight excluding hydrogens is 560 g/mol. The molecule has 4 rings (SSSR count). The number of benzene rings is 3. The predicted octanol–water partition coefficient (Wildman–Crippen LogP) is 5.37. The fourth-order valence-electron chi connectivity index (χ4n) is 4.05. The van der Waals surface area contributed by atoms with Gasteiger partial charge in [-0.3, -0.25) is 4.79 Å². The van der Waals surface area contributed by atoms with Crippen molar-refractivity contribution in [3.63, 3.8) is 0 Å². The van der Waals surface area contributed by atoms with Crippen molar-refractivity contribution in [2.45, 2.75) is 24.9 Å². The molecule has 0 atom stereocenters. The SMILES string of the molecule is O=C(c1ccc(F)c(F)c1Nc1ccc(I)cc1F)N1CC(O)(CCCc2cccc(O)c2)C1. The molecule has 0 aliphatic carbocycles. The number of halogens is 4. The first kappa shape index (κ1) is 24.3. The van der Waals surface area contributed by atoms with Crippen LogP contribution in [0.4, 0.5) is 24.5 Å². The first-order valence-electron chi connectivity index (χ1n) is 10.6. The summed E-state index contributed by atoms with van der Waals surface area (Å²) in [6.45, 7) is 0.0877. The molecule has 0 spiro atoms. The van der Waals surface area contributed by atoms with E-state index in [9.17, 15) is 28.2 Å². The summed E-state index contributed by atoms with van der Waals surface area (Å²) in [7, 11) is 0. The molecule has 3 aromatic rings. The summed E-state index contributed by atoms with van der Waals surface area (Å²) in [4.78, 5) is 14.4. The second-order valence-electron chi connectivity index (χ2n) is 8.44. The molecule has 1 saturated heterocycles. The van der Waals surface area contributed by atoms with Gasteiger partial charge in [0.15, 0.2) is 11.6 Å². The number of rotatable bonds is 7. The molecule has 1 aliphatic heterocycles. The number of nitrogens with one attached hydrogen (secondary N) is 1. The van der Waals surface area contributed by atoms with E-state index in [1.54, 1.807) is 24.3 Å². The monoisotopic (exact) mass is 582 g/mol. The van der Waals surface area contributed by atoms with Gasteiger partial charge in [0.25, 0.3) is 5.91 Å². The molecule has 34 heavy (non-hydrogen) atoms. The van der Waals surface area contributed by atoms with Gasteiger partial charge in [-0.05, 0) is 89.9 Å². The molecule has 0 aromatic heterocycles. The van der Waals surface area contributed by atoms with Crippen LogP contribution in [0.1, 0.15) is 28.8 Å². The first-order valence-corrected chi connectivity index (χ1v) is 11.7. The highest BCUT2D eigenvalue weighted by atomic mass is 127. The number of phenolic OH excluding ortho intramolecular Hbond substituents is 1. The lowest BCUT2D eigenvalue weighted by Crippen LogP contribution is -2.63. The van der Waals surface area contributed by atoms with E-state index in [2.05, 4.69) is 5.32 Å². The van der Waals surface area contributed by atoms with Crippen molar-refractivity contribution in [2.75, 3.05) is 18.4 Å². The maximum absolute atomic E-state index is 14.6. The molecule has 178 valence electrons. The predicted molar refractivity (Wildman–Crippen MR) is 131 cm³/mol. The Kier molecular flexibility index (Phi) is 7.04. The molecule has 1 fully saturated rings. The molecule has 0 bridgehead atoms. The number of anilines is 2. The minimum atomic E-state index is -1.29. The highest BCUT2D eigenvalue weighted by Gasteiger charge is 2.43. The van der Waals surface area contributed by atoms with Crippen molar-refractivity contribution >= 4 is 39.9 Å². The maximum atomic E-state index is 14.6. The number of aromatic hydroxyl groups is 1. The maximum Gasteiger partial charge on any atom is 0.256 e. The smallest absolute Gasteiger partial charge is 0.256 e. The van der Waals surface area contributed by atoms with Crippen molar-refractivity contribution in [3.8, 4) is 5.75 Å². The van der Waals surface area contributed by atoms with Crippen LogP contribution in [0.15, 0.2) is 54.6 Å². The summed E-state index contributed by atoms with van der Waals surface area (Å²) < 4.78 is 43.4. The fourth-order valence-corrected chi connectivity index (χ4v) is 4.50. The summed E-state index contributed by atoms with van der Waals surface area (Å²) >= 11 is 1.92. The zero-order valence-electron chi connectivity index (χ0n) is 18.0. The Labute approximate surface area is 208 Å². The first-order chi connectivity index (χ1) is 16.1. The number of carbonyl (C=O) groups is 1. The Balaban J connectivity index is 1.43. The van der Waals surface area contributed by atoms with Gasteiger partial charge in [0.2, 0.25) is 0 Å². The van der Waals surface area contributed by atoms with Crippen molar-refractivity contribution < 1.29 is 28.2 Å². The normalized spacial score (nSPS) is 14.6. The standard InChI is InChI=1S/C25H22F3IN2O3/c26-19-8-7-18(23(22(19)28)30-21-9-6-16(29)12-20(21)27)24(33)31-13-25(34,14-31)10-2-4-15-3-1-5-17(32)11-15/h1,3,5-9,11-12,30,32,34H,2,4,10,13-14H2. The van der Waals surface area contributed by atoms with Crippen LogP contribution < -0.4 is 5.32 Å². The quantitative estimate of drug-likeness (QED) is 0.328. The Hall–Kier alpha value is -2.79. The molecule has 0 unspecified atom stereocenters. The average molecular weight is 582 g/mol. The topological polar surface area (TPSA) is 72.8 Å². The third kappa shape index (κ3) is 5.30. The minimum Gasteiger partial charge on any atom is -0.508 e. The van der Waals surface area contributed by atoms with E-state index in [4.69, 9.17) is 0 Å². The van der Waals surface area contributed by atoms with Crippen LogP contribution in [0, 0.1) is 21.0 Å².